The van der Waals surface area contributed by atoms with Crippen molar-refractivity contribution in [3.05, 3.63) is 13.2 Å². The van der Waals surface area contributed by atoms with Crippen LogP contribution in [-0.2, 0) is 0 Å². The average molecular weight is 213 g/mol. The van der Waals surface area contributed by atoms with Gasteiger partial charge in [-0.1, -0.05) is 34.6 Å². The maximum atomic E-state index is 4.25. The minimum absolute atomic E-state index is 0. The first-order valence-corrected chi connectivity index (χ1v) is 4.83. The summed E-state index contributed by atoms with van der Waals surface area (Å²) >= 11 is 0. The van der Waals surface area contributed by atoms with Crippen LogP contribution in [0.25, 0.3) is 0 Å². The molecule has 0 saturated heterocycles. The average Bonchev–Trinajstić information content (AvgIpc) is 2.14. The molecule has 0 heterocycles. The molecular weight excluding hydrogens is 185 g/mol. The predicted molar refractivity (Wildman–Crippen MR) is 61.5 cm³/mol. The summed E-state index contributed by atoms with van der Waals surface area (Å²) in [7, 11) is 4.17. The number of nitrogens with zero attached hydrogens (tertiary/aromatic N) is 1. The predicted octanol–water partition coefficient (Wildman–Crippen LogP) is 0.620. The van der Waals surface area contributed by atoms with Gasteiger partial charge in [0.1, 0.15) is 0 Å². The Bertz CT molecular complexity index is 39.1. The minimum Gasteiger partial charge on any atom is -0.521 e. The molecule has 0 aliphatic rings. The largest absolute Gasteiger partial charge is 1.00 e. The molecule has 0 aromatic heterocycles. The van der Waals surface area contributed by atoms with Gasteiger partial charge >= 0.3 is 51.4 Å². The van der Waals surface area contributed by atoms with Crippen molar-refractivity contribution in [2.45, 2.75) is 41.0 Å². The molecule has 0 saturated carbocycles. The first-order valence-electron chi connectivity index (χ1n) is 4.83. The molecule has 0 aliphatic heterocycles. The van der Waals surface area contributed by atoms with Crippen LogP contribution in [0.4, 0.5) is 0 Å². The van der Waals surface area contributed by atoms with Crippen LogP contribution in [0, 0.1) is 6.58 Å². The molecular formula is C11H28KN. The molecule has 0 atom stereocenters. The van der Waals surface area contributed by atoms with Gasteiger partial charge in [0.2, 0.25) is 0 Å². The van der Waals surface area contributed by atoms with Gasteiger partial charge in [-0.3, -0.25) is 6.58 Å². The Hall–Kier alpha value is 1.34. The molecule has 0 fully saturated rings. The van der Waals surface area contributed by atoms with Gasteiger partial charge in [0.15, 0.2) is 0 Å². The second-order valence-electron chi connectivity index (χ2n) is 1.80. The zero-order chi connectivity index (χ0) is 11.0. The van der Waals surface area contributed by atoms with Gasteiger partial charge < -0.3 is 11.5 Å². The number of hydrogen-bond acceptors (Lipinski definition) is 1. The van der Waals surface area contributed by atoms with E-state index in [0.717, 1.165) is 0 Å². The molecule has 0 aromatic rings. The summed E-state index contributed by atoms with van der Waals surface area (Å²) in [6.45, 7) is 18.4. The van der Waals surface area contributed by atoms with E-state index in [9.17, 15) is 0 Å². The standard InChI is InChI=1S/C5H13N.2C2H6.C2H3.K/c1-4-5-6(2)3;3*1-2;/h4-5H2,1-3H3;2*1-2H3;1H,2H2;/q;;;-1;+1. The van der Waals surface area contributed by atoms with E-state index in [0.29, 0.717) is 0 Å². The third kappa shape index (κ3) is 91.1. The van der Waals surface area contributed by atoms with E-state index < -0.39 is 0 Å². The summed E-state index contributed by atoms with van der Waals surface area (Å²) in [6.07, 6.45) is 1.26. The van der Waals surface area contributed by atoms with E-state index in [1.165, 1.54) is 13.0 Å². The zero-order valence-corrected chi connectivity index (χ0v) is 14.3. The molecule has 0 aliphatic carbocycles. The van der Waals surface area contributed by atoms with Crippen molar-refractivity contribution in [3.8, 4) is 0 Å². The zero-order valence-electron chi connectivity index (χ0n) is 11.1. The quantitative estimate of drug-likeness (QED) is 0.480. The molecule has 0 spiro atoms. The summed E-state index contributed by atoms with van der Waals surface area (Å²) in [5.74, 6) is 0. The van der Waals surface area contributed by atoms with Gasteiger partial charge in [0.25, 0.3) is 0 Å². The van der Waals surface area contributed by atoms with Crippen LogP contribution < -0.4 is 51.4 Å². The molecule has 0 amide bonds. The van der Waals surface area contributed by atoms with Gasteiger partial charge in [0, 0.05) is 0 Å². The van der Waals surface area contributed by atoms with Crippen LogP contribution in [0.5, 0.6) is 0 Å². The maximum Gasteiger partial charge on any atom is 1.00 e. The molecule has 0 rings (SSSR count). The molecule has 78 valence electrons. The normalized spacial score (nSPS) is 5.85. The van der Waals surface area contributed by atoms with Gasteiger partial charge in [0.05, 0.1) is 0 Å². The van der Waals surface area contributed by atoms with Crippen LogP contribution in [0.3, 0.4) is 0 Å². The van der Waals surface area contributed by atoms with Crippen molar-refractivity contribution < 1.29 is 51.4 Å². The van der Waals surface area contributed by atoms with Crippen molar-refractivity contribution in [2.75, 3.05) is 20.6 Å². The summed E-state index contributed by atoms with van der Waals surface area (Å²) in [4.78, 5) is 2.18. The Morgan fingerprint density at radius 2 is 1.23 bits per heavy atom. The van der Waals surface area contributed by atoms with E-state index >= 15 is 0 Å². The van der Waals surface area contributed by atoms with Crippen molar-refractivity contribution >= 4 is 0 Å². The summed E-state index contributed by atoms with van der Waals surface area (Å²) in [6, 6.07) is 0. The smallest absolute Gasteiger partial charge is 0.521 e. The van der Waals surface area contributed by atoms with Crippen molar-refractivity contribution in [1.29, 1.82) is 0 Å². The van der Waals surface area contributed by atoms with E-state index in [2.05, 4.69) is 39.1 Å². The van der Waals surface area contributed by atoms with Crippen LogP contribution in [0.15, 0.2) is 6.58 Å². The maximum absolute atomic E-state index is 4.25. The third-order valence-electron chi connectivity index (χ3n) is 0.671. The molecule has 0 bridgehead atoms. The Labute approximate surface area is 129 Å². The van der Waals surface area contributed by atoms with Crippen LogP contribution in [0.2, 0.25) is 0 Å². The second kappa shape index (κ2) is 50.6. The first-order chi connectivity index (χ1) is 5.77. The molecule has 0 radical (unpaired) electrons. The molecule has 0 unspecified atom stereocenters. The molecule has 1 nitrogen and oxygen atoms in total. The van der Waals surface area contributed by atoms with E-state index in [-0.39, 0.29) is 51.4 Å². The van der Waals surface area contributed by atoms with Crippen LogP contribution >= 0.6 is 0 Å². The van der Waals surface area contributed by atoms with E-state index in [1.807, 2.05) is 27.7 Å². The third-order valence-corrected chi connectivity index (χ3v) is 0.671. The summed E-state index contributed by atoms with van der Waals surface area (Å²) < 4.78 is 0. The molecule has 0 N–H and O–H groups in total. The van der Waals surface area contributed by atoms with Crippen molar-refractivity contribution in [1.82, 2.24) is 4.90 Å². The van der Waals surface area contributed by atoms with Gasteiger partial charge in [-0.2, -0.15) is 0 Å². The Balaban J connectivity index is -0.0000000263. The van der Waals surface area contributed by atoms with Crippen LogP contribution in [0.1, 0.15) is 41.0 Å². The monoisotopic (exact) mass is 213 g/mol. The summed E-state index contributed by atoms with van der Waals surface area (Å²) in [5, 5.41) is 0. The molecule has 13 heavy (non-hydrogen) atoms. The fourth-order valence-corrected chi connectivity index (χ4v) is 0.447. The van der Waals surface area contributed by atoms with Crippen molar-refractivity contribution in [2.24, 2.45) is 0 Å². The fourth-order valence-electron chi connectivity index (χ4n) is 0.447. The van der Waals surface area contributed by atoms with E-state index in [4.69, 9.17) is 0 Å². The number of hydrogen-bond donors (Lipinski definition) is 0. The van der Waals surface area contributed by atoms with Gasteiger partial charge in [-0.05, 0) is 27.1 Å². The van der Waals surface area contributed by atoms with Gasteiger partial charge in [-0.25, -0.2) is 0 Å². The summed E-state index contributed by atoms with van der Waals surface area (Å²) in [5.41, 5.74) is 0. The Morgan fingerprint density at radius 3 is 1.23 bits per heavy atom. The van der Waals surface area contributed by atoms with Crippen LogP contribution in [-0.4, -0.2) is 25.5 Å². The second-order valence-corrected chi connectivity index (χ2v) is 1.80. The Kier molecular flexibility index (Phi) is 114. The topological polar surface area (TPSA) is 3.24 Å². The molecule has 0 aromatic carbocycles. The van der Waals surface area contributed by atoms with E-state index in [1.54, 1.807) is 0 Å². The Morgan fingerprint density at radius 1 is 1.00 bits per heavy atom. The first kappa shape index (κ1) is 29.3. The van der Waals surface area contributed by atoms with Gasteiger partial charge in [-0.15, -0.1) is 0 Å². The van der Waals surface area contributed by atoms with Crippen molar-refractivity contribution in [3.63, 3.8) is 0 Å². The SMILES string of the molecule is CC.CC.CCCN(C)C.[CH-]=C.[K+]. The minimum atomic E-state index is 0. The molecule has 2 heteroatoms. The number of rotatable bonds is 2. The fraction of sp³-hybridized carbons (Fsp3) is 0.818.